The first kappa shape index (κ1) is 19.0. The highest BCUT2D eigenvalue weighted by atomic mass is 19.1. The van der Waals surface area contributed by atoms with Crippen molar-refractivity contribution in [1.29, 1.82) is 0 Å². The third kappa shape index (κ3) is 3.55. The number of nitrogens with zero attached hydrogens (tertiary/aromatic N) is 2. The number of nitrogens with one attached hydrogen (secondary N) is 1. The number of ether oxygens (including phenoxy) is 2. The largest absolute Gasteiger partial charge is 0.493 e. The number of hydrogen-bond donors (Lipinski definition) is 1. The molecular weight excluding hydrogens is 373 g/mol. The lowest BCUT2D eigenvalue weighted by molar-refractivity contribution is 0.0932. The minimum atomic E-state index is -0.324. The fraction of sp³-hybridized carbons (Fsp3) is 0.273. The normalized spacial score (nSPS) is 15.5. The van der Waals surface area contributed by atoms with Gasteiger partial charge in [0.15, 0.2) is 11.5 Å². The molecular formula is C22H22FN3O3. The van der Waals surface area contributed by atoms with Gasteiger partial charge in [0, 0.05) is 16.8 Å². The van der Waals surface area contributed by atoms with Crippen LogP contribution >= 0.6 is 0 Å². The molecule has 0 spiro atoms. The molecule has 2 aromatic carbocycles. The van der Waals surface area contributed by atoms with Crippen molar-refractivity contribution in [2.45, 2.75) is 25.3 Å². The predicted octanol–water partition coefficient (Wildman–Crippen LogP) is 3.84. The number of halogens is 1. The van der Waals surface area contributed by atoms with Crippen LogP contribution in [0.15, 0.2) is 48.7 Å². The molecule has 0 saturated heterocycles. The maximum atomic E-state index is 14.2. The highest BCUT2D eigenvalue weighted by Crippen LogP contribution is 2.32. The van der Waals surface area contributed by atoms with Crippen LogP contribution in [0, 0.1) is 5.82 Å². The molecule has 1 atom stereocenters. The van der Waals surface area contributed by atoms with E-state index in [4.69, 9.17) is 9.47 Å². The summed E-state index contributed by atoms with van der Waals surface area (Å²) in [4.78, 5) is 12.8. The first-order valence-corrected chi connectivity index (χ1v) is 9.47. The number of rotatable bonds is 5. The fourth-order valence-corrected chi connectivity index (χ4v) is 3.76. The summed E-state index contributed by atoms with van der Waals surface area (Å²) in [6, 6.07) is 11.4. The van der Waals surface area contributed by atoms with Gasteiger partial charge in [0.2, 0.25) is 0 Å². The molecule has 0 unspecified atom stereocenters. The van der Waals surface area contributed by atoms with Crippen molar-refractivity contribution in [3.8, 4) is 17.2 Å². The average Bonchev–Trinajstić information content (AvgIpc) is 3.18. The summed E-state index contributed by atoms with van der Waals surface area (Å²) < 4.78 is 26.4. The molecule has 6 nitrogen and oxygen atoms in total. The van der Waals surface area contributed by atoms with Crippen molar-refractivity contribution < 1.29 is 18.7 Å². The molecule has 1 aromatic heterocycles. The maximum absolute atomic E-state index is 14.2. The number of carbonyl (C=O) groups is 1. The minimum absolute atomic E-state index is 0.181. The van der Waals surface area contributed by atoms with E-state index >= 15 is 0 Å². The lowest BCUT2D eigenvalue weighted by Crippen LogP contribution is -2.31. The van der Waals surface area contributed by atoms with E-state index < -0.39 is 0 Å². The van der Waals surface area contributed by atoms with Gasteiger partial charge in [0.25, 0.3) is 5.91 Å². The van der Waals surface area contributed by atoms with Gasteiger partial charge < -0.3 is 14.8 Å². The first-order valence-electron chi connectivity index (χ1n) is 9.47. The van der Waals surface area contributed by atoms with Crippen LogP contribution < -0.4 is 14.8 Å². The molecule has 150 valence electrons. The number of para-hydroxylation sites is 1. The predicted molar refractivity (Wildman–Crippen MR) is 106 cm³/mol. The molecule has 4 rings (SSSR count). The van der Waals surface area contributed by atoms with Gasteiger partial charge >= 0.3 is 0 Å². The standard InChI is InChI=1S/C22H22FN3O3/c1-28-20-11-10-14(12-21(20)29-2)22(27)25-17-7-5-9-18-15(17)13-24-26(18)19-8-4-3-6-16(19)23/h3-4,6,8,10-13,17H,5,7,9H2,1-2H3,(H,25,27)/t17-/m0/s1. The maximum Gasteiger partial charge on any atom is 0.251 e. The van der Waals surface area contributed by atoms with Crippen molar-refractivity contribution in [3.05, 3.63) is 71.3 Å². The van der Waals surface area contributed by atoms with E-state index in [-0.39, 0.29) is 17.8 Å². The second-order valence-corrected chi connectivity index (χ2v) is 6.90. The molecule has 1 aliphatic rings. The molecule has 1 amide bonds. The highest BCUT2D eigenvalue weighted by Gasteiger charge is 2.27. The molecule has 0 bridgehead atoms. The Morgan fingerprint density at radius 3 is 2.72 bits per heavy atom. The third-order valence-corrected chi connectivity index (χ3v) is 5.21. The number of carbonyl (C=O) groups excluding carboxylic acids is 1. The van der Waals surface area contributed by atoms with Gasteiger partial charge in [-0.3, -0.25) is 4.79 Å². The molecule has 0 fully saturated rings. The van der Waals surface area contributed by atoms with Crippen LogP contribution in [-0.4, -0.2) is 29.9 Å². The molecule has 29 heavy (non-hydrogen) atoms. The Morgan fingerprint density at radius 1 is 1.17 bits per heavy atom. The van der Waals surface area contributed by atoms with Gasteiger partial charge in [0.1, 0.15) is 11.5 Å². The van der Waals surface area contributed by atoms with Crippen molar-refractivity contribution in [2.24, 2.45) is 0 Å². The zero-order chi connectivity index (χ0) is 20.4. The molecule has 1 N–H and O–H groups in total. The summed E-state index contributed by atoms with van der Waals surface area (Å²) in [5.74, 6) is 0.532. The molecule has 0 radical (unpaired) electrons. The van der Waals surface area contributed by atoms with E-state index in [1.54, 1.807) is 54.4 Å². The first-order chi connectivity index (χ1) is 14.1. The summed E-state index contributed by atoms with van der Waals surface area (Å²) in [6.07, 6.45) is 4.19. The quantitative estimate of drug-likeness (QED) is 0.713. The Labute approximate surface area is 168 Å². The van der Waals surface area contributed by atoms with E-state index in [0.29, 0.717) is 22.7 Å². The highest BCUT2D eigenvalue weighted by molar-refractivity contribution is 5.95. The van der Waals surface area contributed by atoms with Crippen LogP contribution in [0.4, 0.5) is 4.39 Å². The Balaban J connectivity index is 1.60. The molecule has 0 saturated carbocycles. The Hall–Kier alpha value is -3.35. The number of aromatic nitrogens is 2. The minimum Gasteiger partial charge on any atom is -0.493 e. The lowest BCUT2D eigenvalue weighted by atomic mass is 9.92. The molecule has 0 aliphatic heterocycles. The van der Waals surface area contributed by atoms with Gasteiger partial charge in [-0.2, -0.15) is 5.10 Å². The van der Waals surface area contributed by atoms with Crippen molar-refractivity contribution in [1.82, 2.24) is 15.1 Å². The Morgan fingerprint density at radius 2 is 1.97 bits per heavy atom. The number of hydrogen-bond acceptors (Lipinski definition) is 4. The molecule has 3 aromatic rings. The number of methoxy groups -OCH3 is 2. The van der Waals surface area contributed by atoms with E-state index in [0.717, 1.165) is 30.5 Å². The average molecular weight is 395 g/mol. The fourth-order valence-electron chi connectivity index (χ4n) is 3.76. The zero-order valence-electron chi connectivity index (χ0n) is 16.3. The van der Waals surface area contributed by atoms with E-state index in [9.17, 15) is 9.18 Å². The van der Waals surface area contributed by atoms with Crippen LogP contribution in [0.5, 0.6) is 11.5 Å². The summed E-state index contributed by atoms with van der Waals surface area (Å²) in [6.45, 7) is 0. The second kappa shape index (κ2) is 7.95. The summed E-state index contributed by atoms with van der Waals surface area (Å²) in [7, 11) is 3.08. The van der Waals surface area contributed by atoms with E-state index in [1.807, 2.05) is 0 Å². The Kier molecular flexibility index (Phi) is 5.20. The van der Waals surface area contributed by atoms with Gasteiger partial charge in [-0.15, -0.1) is 0 Å². The van der Waals surface area contributed by atoms with Crippen LogP contribution in [0.25, 0.3) is 5.69 Å². The van der Waals surface area contributed by atoms with Crippen molar-refractivity contribution >= 4 is 5.91 Å². The van der Waals surface area contributed by atoms with Crippen LogP contribution in [0.2, 0.25) is 0 Å². The summed E-state index contributed by atoms with van der Waals surface area (Å²) in [5.41, 5.74) is 2.75. The van der Waals surface area contributed by atoms with E-state index in [1.165, 1.54) is 13.2 Å². The molecule has 7 heteroatoms. The zero-order valence-corrected chi connectivity index (χ0v) is 16.3. The molecule has 1 heterocycles. The summed E-state index contributed by atoms with van der Waals surface area (Å²) in [5, 5.41) is 7.48. The lowest BCUT2D eigenvalue weighted by Gasteiger charge is -2.24. The van der Waals surface area contributed by atoms with Gasteiger partial charge in [-0.05, 0) is 49.6 Å². The van der Waals surface area contributed by atoms with Crippen molar-refractivity contribution in [2.75, 3.05) is 14.2 Å². The SMILES string of the molecule is COc1ccc(C(=O)N[C@H]2CCCc3c2cnn3-c2ccccc2F)cc1OC. The Bertz CT molecular complexity index is 1050. The third-order valence-electron chi connectivity index (χ3n) is 5.21. The van der Waals surface area contributed by atoms with Crippen LogP contribution in [0.1, 0.15) is 40.5 Å². The van der Waals surface area contributed by atoms with Crippen LogP contribution in [-0.2, 0) is 6.42 Å². The van der Waals surface area contributed by atoms with Gasteiger partial charge in [0.05, 0.1) is 26.5 Å². The number of fused-ring (bicyclic) bond motifs is 1. The number of amides is 1. The number of benzene rings is 2. The molecule has 1 aliphatic carbocycles. The van der Waals surface area contributed by atoms with Gasteiger partial charge in [-0.1, -0.05) is 12.1 Å². The van der Waals surface area contributed by atoms with Crippen LogP contribution in [0.3, 0.4) is 0 Å². The second-order valence-electron chi connectivity index (χ2n) is 6.90. The smallest absolute Gasteiger partial charge is 0.251 e. The van der Waals surface area contributed by atoms with Gasteiger partial charge in [-0.25, -0.2) is 9.07 Å². The topological polar surface area (TPSA) is 65.4 Å². The summed E-state index contributed by atoms with van der Waals surface area (Å²) >= 11 is 0. The van der Waals surface area contributed by atoms with Crippen molar-refractivity contribution in [3.63, 3.8) is 0 Å². The van der Waals surface area contributed by atoms with E-state index in [2.05, 4.69) is 10.4 Å². The monoisotopic (exact) mass is 395 g/mol.